The number of pyridine rings is 1. The van der Waals surface area contributed by atoms with Crippen LogP contribution < -0.4 is 4.72 Å². The molecule has 1 aromatic rings. The highest BCUT2D eigenvalue weighted by Crippen LogP contribution is 2.25. The van der Waals surface area contributed by atoms with E-state index in [1.807, 2.05) is 0 Å². The number of carboxylic acid groups (broad SMARTS) is 1. The summed E-state index contributed by atoms with van der Waals surface area (Å²) in [6.07, 6.45) is 3.20. The highest BCUT2D eigenvalue weighted by atomic mass is 79.9. The number of rotatable bonds is 4. The van der Waals surface area contributed by atoms with Gasteiger partial charge in [0.1, 0.15) is 10.6 Å². The predicted molar refractivity (Wildman–Crippen MR) is 76.5 cm³/mol. The normalized spacial score (nSPS) is 20.6. The number of piperidine rings is 1. The second-order valence-corrected chi connectivity index (χ2v) is 6.78. The van der Waals surface area contributed by atoms with Gasteiger partial charge in [0.2, 0.25) is 0 Å². The largest absolute Gasteiger partial charge is 0.480 e. The van der Waals surface area contributed by atoms with Gasteiger partial charge < -0.3 is 5.11 Å². The van der Waals surface area contributed by atoms with Crippen molar-refractivity contribution in [3.05, 3.63) is 22.9 Å². The van der Waals surface area contributed by atoms with Crippen molar-refractivity contribution < 1.29 is 18.3 Å². The first-order valence-electron chi connectivity index (χ1n) is 6.05. The van der Waals surface area contributed by atoms with Crippen molar-refractivity contribution in [3.63, 3.8) is 0 Å². The molecule has 2 N–H and O–H groups in total. The quantitative estimate of drug-likeness (QED) is 0.788. The van der Waals surface area contributed by atoms with Crippen LogP contribution in [0.25, 0.3) is 0 Å². The van der Waals surface area contributed by atoms with Crippen LogP contribution in [0.2, 0.25) is 0 Å². The Morgan fingerprint density at radius 1 is 1.50 bits per heavy atom. The number of hydrogen-bond donors (Lipinski definition) is 2. The lowest BCUT2D eigenvalue weighted by Crippen LogP contribution is -2.49. The Bertz CT molecular complexity index is 607. The highest BCUT2D eigenvalue weighted by molar-refractivity contribution is 9.10. The lowest BCUT2D eigenvalue weighted by atomic mass is 10.1. The Kier molecular flexibility index (Phi) is 4.61. The Morgan fingerprint density at radius 2 is 2.25 bits per heavy atom. The topological polar surface area (TPSA) is 99.6 Å². The first-order valence-corrected chi connectivity index (χ1v) is 8.28. The first kappa shape index (κ1) is 15.2. The van der Waals surface area contributed by atoms with Gasteiger partial charge >= 0.3 is 16.2 Å². The number of anilines is 1. The fourth-order valence-electron chi connectivity index (χ4n) is 2.10. The van der Waals surface area contributed by atoms with Gasteiger partial charge in [-0.25, -0.2) is 4.98 Å². The molecule has 0 aromatic carbocycles. The van der Waals surface area contributed by atoms with E-state index in [2.05, 4.69) is 25.6 Å². The van der Waals surface area contributed by atoms with E-state index in [1.54, 1.807) is 12.1 Å². The van der Waals surface area contributed by atoms with Crippen LogP contribution in [0.5, 0.6) is 0 Å². The van der Waals surface area contributed by atoms with Gasteiger partial charge in [-0.1, -0.05) is 0 Å². The fraction of sp³-hybridized carbons (Fsp3) is 0.455. The van der Waals surface area contributed by atoms with Crippen LogP contribution in [0.3, 0.4) is 0 Å². The van der Waals surface area contributed by atoms with E-state index >= 15 is 0 Å². The van der Waals surface area contributed by atoms with Crippen LogP contribution in [0.15, 0.2) is 22.9 Å². The van der Waals surface area contributed by atoms with E-state index in [4.69, 9.17) is 5.11 Å². The van der Waals surface area contributed by atoms with Crippen LogP contribution in [0.1, 0.15) is 19.3 Å². The molecule has 2 rings (SSSR count). The first-order chi connectivity index (χ1) is 9.42. The van der Waals surface area contributed by atoms with Crippen molar-refractivity contribution >= 4 is 37.8 Å². The third kappa shape index (κ3) is 3.28. The van der Waals surface area contributed by atoms with Crippen LogP contribution >= 0.6 is 15.9 Å². The smallest absolute Gasteiger partial charge is 0.322 e. The summed E-state index contributed by atoms with van der Waals surface area (Å²) in [7, 11) is -3.92. The van der Waals surface area contributed by atoms with Gasteiger partial charge in [-0.3, -0.25) is 9.52 Å². The molecule has 20 heavy (non-hydrogen) atoms. The molecule has 2 heterocycles. The molecule has 1 atom stereocenters. The third-order valence-corrected chi connectivity index (χ3v) is 5.21. The summed E-state index contributed by atoms with van der Waals surface area (Å²) in [5, 5.41) is 9.14. The SMILES string of the molecule is O=C(O)C1CCCCN1S(=O)(=O)Nc1cccnc1Br. The Hall–Kier alpha value is -1.19. The summed E-state index contributed by atoms with van der Waals surface area (Å²) in [5.41, 5.74) is 0.280. The summed E-state index contributed by atoms with van der Waals surface area (Å²) in [6, 6.07) is 2.12. The maximum absolute atomic E-state index is 12.3. The van der Waals surface area contributed by atoms with E-state index in [1.165, 1.54) is 6.20 Å². The zero-order chi connectivity index (χ0) is 14.8. The molecule has 1 aliphatic heterocycles. The van der Waals surface area contributed by atoms with Crippen LogP contribution in [-0.4, -0.2) is 41.4 Å². The maximum Gasteiger partial charge on any atom is 0.322 e. The van der Waals surface area contributed by atoms with E-state index in [0.717, 1.165) is 4.31 Å². The van der Waals surface area contributed by atoms with Crippen molar-refractivity contribution in [1.29, 1.82) is 0 Å². The average molecular weight is 364 g/mol. The summed E-state index contributed by atoms with van der Waals surface area (Å²) in [6.45, 7) is 0.199. The second-order valence-electron chi connectivity index (χ2n) is 4.41. The maximum atomic E-state index is 12.3. The van der Waals surface area contributed by atoms with Crippen molar-refractivity contribution in [3.8, 4) is 0 Å². The van der Waals surface area contributed by atoms with Crippen LogP contribution in [-0.2, 0) is 15.0 Å². The van der Waals surface area contributed by atoms with Crippen molar-refractivity contribution in [2.75, 3.05) is 11.3 Å². The molecule has 1 aromatic heterocycles. The lowest BCUT2D eigenvalue weighted by molar-refractivity contribution is -0.142. The summed E-state index contributed by atoms with van der Waals surface area (Å²) in [4.78, 5) is 15.1. The number of nitrogens with one attached hydrogen (secondary N) is 1. The molecule has 0 radical (unpaired) electrons. The molecule has 1 fully saturated rings. The Labute approximate surface area is 125 Å². The van der Waals surface area contributed by atoms with Gasteiger partial charge in [0.15, 0.2) is 0 Å². The van der Waals surface area contributed by atoms with Crippen molar-refractivity contribution in [2.45, 2.75) is 25.3 Å². The molecule has 110 valence electrons. The molecule has 0 aliphatic carbocycles. The lowest BCUT2D eigenvalue weighted by Gasteiger charge is -2.31. The molecule has 7 nitrogen and oxygen atoms in total. The van der Waals surface area contributed by atoms with E-state index in [0.29, 0.717) is 23.9 Å². The fourth-order valence-corrected chi connectivity index (χ4v) is 4.04. The number of carbonyl (C=O) groups is 1. The molecule has 1 unspecified atom stereocenters. The molecule has 0 amide bonds. The molecular weight excluding hydrogens is 350 g/mol. The van der Waals surface area contributed by atoms with Crippen molar-refractivity contribution in [1.82, 2.24) is 9.29 Å². The summed E-state index contributed by atoms with van der Waals surface area (Å²) < 4.78 is 28.4. The minimum atomic E-state index is -3.92. The third-order valence-electron chi connectivity index (χ3n) is 3.05. The van der Waals surface area contributed by atoms with Gasteiger partial charge in [-0.15, -0.1) is 0 Å². The van der Waals surface area contributed by atoms with Gasteiger partial charge in [0.05, 0.1) is 5.69 Å². The van der Waals surface area contributed by atoms with E-state index in [-0.39, 0.29) is 12.2 Å². The zero-order valence-corrected chi connectivity index (χ0v) is 12.9. The average Bonchev–Trinajstić information content (AvgIpc) is 2.41. The number of nitrogens with zero attached hydrogens (tertiary/aromatic N) is 2. The van der Waals surface area contributed by atoms with Gasteiger partial charge in [0.25, 0.3) is 0 Å². The number of hydrogen-bond acceptors (Lipinski definition) is 4. The number of aliphatic carboxylic acids is 1. The molecule has 1 saturated heterocycles. The van der Waals surface area contributed by atoms with Crippen LogP contribution in [0.4, 0.5) is 5.69 Å². The van der Waals surface area contributed by atoms with Gasteiger partial charge in [-0.2, -0.15) is 12.7 Å². The molecule has 0 saturated carbocycles. The number of carboxylic acids is 1. The number of halogens is 1. The van der Waals surface area contributed by atoms with Gasteiger partial charge in [0, 0.05) is 12.7 Å². The van der Waals surface area contributed by atoms with Gasteiger partial charge in [-0.05, 0) is 47.3 Å². The Morgan fingerprint density at radius 3 is 2.90 bits per heavy atom. The Balaban J connectivity index is 2.25. The number of aromatic nitrogens is 1. The highest BCUT2D eigenvalue weighted by Gasteiger charge is 2.36. The van der Waals surface area contributed by atoms with E-state index < -0.39 is 22.2 Å². The zero-order valence-electron chi connectivity index (χ0n) is 10.5. The second kappa shape index (κ2) is 6.06. The molecule has 9 heteroatoms. The van der Waals surface area contributed by atoms with Crippen LogP contribution in [0, 0.1) is 0 Å². The molecule has 0 spiro atoms. The summed E-state index contributed by atoms with van der Waals surface area (Å²) in [5.74, 6) is -1.12. The molecule has 0 bridgehead atoms. The van der Waals surface area contributed by atoms with Crippen molar-refractivity contribution in [2.24, 2.45) is 0 Å². The summed E-state index contributed by atoms with van der Waals surface area (Å²) >= 11 is 3.14. The predicted octanol–water partition coefficient (Wildman–Crippen LogP) is 1.44. The minimum absolute atomic E-state index is 0.199. The van der Waals surface area contributed by atoms with E-state index in [9.17, 15) is 13.2 Å². The standard InChI is InChI=1S/C11H14BrN3O4S/c12-10-8(4-3-6-13-10)14-20(18,19)15-7-2-1-5-9(15)11(16)17/h3-4,6,9,14H,1-2,5,7H2,(H,16,17). The minimum Gasteiger partial charge on any atom is -0.480 e. The monoisotopic (exact) mass is 363 g/mol. The molecule has 1 aliphatic rings. The molecular formula is C11H14BrN3O4S.